The number of hydrogen-bond donors (Lipinski definition) is 1. The Morgan fingerprint density at radius 3 is 2.22 bits per heavy atom. The molecule has 0 radical (unpaired) electrons. The molecule has 0 fully saturated rings. The number of halogens is 3. The van der Waals surface area contributed by atoms with Crippen LogP contribution in [0.2, 0.25) is 10.0 Å². The smallest absolute Gasteiger partial charge is 0.336 e. The second kappa shape index (κ2) is 4.96. The van der Waals surface area contributed by atoms with Crippen molar-refractivity contribution in [3.63, 3.8) is 0 Å². The van der Waals surface area contributed by atoms with Gasteiger partial charge in [0.1, 0.15) is 5.82 Å². The predicted octanol–water partition coefficient (Wildman–Crippen LogP) is 4.50. The van der Waals surface area contributed by atoms with Gasteiger partial charge in [0.2, 0.25) is 0 Å². The molecule has 0 aromatic heterocycles. The molecule has 0 saturated carbocycles. The van der Waals surface area contributed by atoms with E-state index in [4.69, 9.17) is 28.3 Å². The number of aromatic carboxylic acids is 1. The first kappa shape index (κ1) is 12.9. The zero-order valence-electron chi connectivity index (χ0n) is 8.95. The number of hydrogen-bond acceptors (Lipinski definition) is 1. The van der Waals surface area contributed by atoms with Crippen LogP contribution in [0, 0.1) is 5.82 Å². The van der Waals surface area contributed by atoms with Gasteiger partial charge < -0.3 is 5.11 Å². The van der Waals surface area contributed by atoms with Gasteiger partial charge in [0, 0.05) is 10.0 Å². The summed E-state index contributed by atoms with van der Waals surface area (Å²) in [5, 5.41) is 9.79. The Hall–Kier alpha value is -1.58. The summed E-state index contributed by atoms with van der Waals surface area (Å²) in [6.07, 6.45) is 0. The molecule has 0 spiro atoms. The van der Waals surface area contributed by atoms with Gasteiger partial charge in [-0.1, -0.05) is 23.2 Å². The molecule has 2 aromatic rings. The molecule has 0 aliphatic carbocycles. The van der Waals surface area contributed by atoms with Crippen LogP contribution in [0.3, 0.4) is 0 Å². The second-order valence-electron chi connectivity index (χ2n) is 3.65. The lowest BCUT2D eigenvalue weighted by Gasteiger charge is -2.07. The van der Waals surface area contributed by atoms with Gasteiger partial charge in [0.05, 0.1) is 5.56 Å². The first-order chi connectivity index (χ1) is 8.47. The fraction of sp³-hybridized carbons (Fsp3) is 0. The average molecular weight is 285 g/mol. The molecule has 0 unspecified atom stereocenters. The van der Waals surface area contributed by atoms with Gasteiger partial charge in [-0.25, -0.2) is 9.18 Å². The predicted molar refractivity (Wildman–Crippen MR) is 68.8 cm³/mol. The largest absolute Gasteiger partial charge is 0.478 e. The average Bonchev–Trinajstić information content (AvgIpc) is 2.27. The molecule has 5 heteroatoms. The van der Waals surface area contributed by atoms with Crippen molar-refractivity contribution in [1.29, 1.82) is 0 Å². The Bertz CT molecular complexity index is 606. The summed E-state index contributed by atoms with van der Waals surface area (Å²) in [5.41, 5.74) is 0.700. The highest BCUT2D eigenvalue weighted by molar-refractivity contribution is 6.35. The first-order valence-electron chi connectivity index (χ1n) is 4.96. The highest BCUT2D eigenvalue weighted by Crippen LogP contribution is 2.30. The third-order valence-corrected chi connectivity index (χ3v) is 2.82. The minimum absolute atomic E-state index is 0.00488. The summed E-state index contributed by atoms with van der Waals surface area (Å²) < 4.78 is 13.2. The summed E-state index contributed by atoms with van der Waals surface area (Å²) in [6.45, 7) is 0. The maximum absolute atomic E-state index is 13.2. The lowest BCUT2D eigenvalue weighted by atomic mass is 9.99. The number of benzene rings is 2. The third kappa shape index (κ3) is 2.63. The summed E-state index contributed by atoms with van der Waals surface area (Å²) in [7, 11) is 0. The molecule has 2 nitrogen and oxygen atoms in total. The number of rotatable bonds is 2. The molecule has 2 aromatic carbocycles. The van der Waals surface area contributed by atoms with Crippen LogP contribution < -0.4 is 0 Å². The fourth-order valence-electron chi connectivity index (χ4n) is 1.65. The Balaban J connectivity index is 2.68. The molecule has 0 aliphatic heterocycles. The van der Waals surface area contributed by atoms with Gasteiger partial charge in [-0.2, -0.15) is 0 Å². The molecule has 0 bridgehead atoms. The van der Waals surface area contributed by atoms with Crippen molar-refractivity contribution >= 4 is 29.2 Å². The van der Waals surface area contributed by atoms with Gasteiger partial charge >= 0.3 is 5.97 Å². The van der Waals surface area contributed by atoms with Crippen LogP contribution in [0.5, 0.6) is 0 Å². The molecule has 0 heterocycles. The first-order valence-corrected chi connectivity index (χ1v) is 5.72. The third-order valence-electron chi connectivity index (χ3n) is 2.39. The molecule has 0 atom stereocenters. The second-order valence-corrected chi connectivity index (χ2v) is 4.53. The Morgan fingerprint density at radius 2 is 1.67 bits per heavy atom. The Morgan fingerprint density at radius 1 is 1.06 bits per heavy atom. The summed E-state index contributed by atoms with van der Waals surface area (Å²) >= 11 is 11.7. The standard InChI is InChI=1S/C13H7Cl2FO2/c14-8-3-7(4-9(15)5-8)12-6-10(16)1-2-11(12)13(17)18/h1-6H,(H,17,18). The van der Waals surface area contributed by atoms with E-state index in [2.05, 4.69) is 0 Å². The van der Waals surface area contributed by atoms with Crippen LogP contribution in [0.15, 0.2) is 36.4 Å². The van der Waals surface area contributed by atoms with E-state index < -0.39 is 11.8 Å². The molecule has 92 valence electrons. The van der Waals surface area contributed by atoms with Crippen LogP contribution in [0.4, 0.5) is 4.39 Å². The zero-order chi connectivity index (χ0) is 13.3. The van der Waals surface area contributed by atoms with Crippen molar-refractivity contribution in [2.75, 3.05) is 0 Å². The zero-order valence-corrected chi connectivity index (χ0v) is 10.5. The van der Waals surface area contributed by atoms with E-state index in [0.717, 1.165) is 12.1 Å². The minimum Gasteiger partial charge on any atom is -0.478 e. The van der Waals surface area contributed by atoms with Crippen molar-refractivity contribution in [3.05, 3.63) is 57.8 Å². The fourth-order valence-corrected chi connectivity index (χ4v) is 2.18. The van der Waals surface area contributed by atoms with Crippen LogP contribution in [-0.4, -0.2) is 11.1 Å². The maximum Gasteiger partial charge on any atom is 0.336 e. The minimum atomic E-state index is -1.14. The maximum atomic E-state index is 13.2. The van der Waals surface area contributed by atoms with E-state index in [1.165, 1.54) is 24.3 Å². The van der Waals surface area contributed by atoms with Crippen molar-refractivity contribution in [2.24, 2.45) is 0 Å². The van der Waals surface area contributed by atoms with E-state index in [0.29, 0.717) is 15.6 Å². The molecule has 0 aliphatic rings. The number of carboxylic acid groups (broad SMARTS) is 1. The highest BCUT2D eigenvalue weighted by Gasteiger charge is 2.13. The molecule has 1 N–H and O–H groups in total. The lowest BCUT2D eigenvalue weighted by molar-refractivity contribution is 0.0697. The molecule has 0 amide bonds. The van der Waals surface area contributed by atoms with E-state index in [9.17, 15) is 9.18 Å². The topological polar surface area (TPSA) is 37.3 Å². The van der Waals surface area contributed by atoms with Crippen LogP contribution >= 0.6 is 23.2 Å². The quantitative estimate of drug-likeness (QED) is 0.882. The van der Waals surface area contributed by atoms with Crippen molar-refractivity contribution in [1.82, 2.24) is 0 Å². The van der Waals surface area contributed by atoms with Crippen molar-refractivity contribution in [2.45, 2.75) is 0 Å². The van der Waals surface area contributed by atoms with E-state index in [-0.39, 0.29) is 11.1 Å². The van der Waals surface area contributed by atoms with Crippen molar-refractivity contribution < 1.29 is 14.3 Å². The normalized spacial score (nSPS) is 10.4. The monoisotopic (exact) mass is 284 g/mol. The lowest BCUT2D eigenvalue weighted by Crippen LogP contribution is -2.00. The van der Waals surface area contributed by atoms with Gasteiger partial charge in [-0.05, 0) is 47.5 Å². The number of carbonyl (C=O) groups is 1. The Kier molecular flexibility index (Phi) is 3.55. The van der Waals surface area contributed by atoms with Crippen LogP contribution in [0.25, 0.3) is 11.1 Å². The van der Waals surface area contributed by atoms with Gasteiger partial charge in [0.25, 0.3) is 0 Å². The number of carboxylic acids is 1. The van der Waals surface area contributed by atoms with E-state index in [1.807, 2.05) is 0 Å². The molecule has 0 saturated heterocycles. The summed E-state index contributed by atoms with van der Waals surface area (Å²) in [6, 6.07) is 8.04. The molecule has 18 heavy (non-hydrogen) atoms. The summed E-state index contributed by atoms with van der Waals surface area (Å²) in [4.78, 5) is 11.1. The molecular formula is C13H7Cl2FO2. The van der Waals surface area contributed by atoms with E-state index in [1.54, 1.807) is 0 Å². The Labute approximate surface area is 113 Å². The van der Waals surface area contributed by atoms with Gasteiger partial charge in [-0.3, -0.25) is 0 Å². The van der Waals surface area contributed by atoms with E-state index >= 15 is 0 Å². The van der Waals surface area contributed by atoms with Gasteiger partial charge in [0.15, 0.2) is 0 Å². The van der Waals surface area contributed by atoms with Crippen LogP contribution in [0.1, 0.15) is 10.4 Å². The molecular weight excluding hydrogens is 278 g/mol. The summed E-state index contributed by atoms with van der Waals surface area (Å²) in [5.74, 6) is -1.66. The highest BCUT2D eigenvalue weighted by atomic mass is 35.5. The van der Waals surface area contributed by atoms with Crippen molar-refractivity contribution in [3.8, 4) is 11.1 Å². The SMILES string of the molecule is O=C(O)c1ccc(F)cc1-c1cc(Cl)cc(Cl)c1. The molecule has 2 rings (SSSR count). The van der Waals surface area contributed by atoms with Gasteiger partial charge in [-0.15, -0.1) is 0 Å². The van der Waals surface area contributed by atoms with Crippen LogP contribution in [-0.2, 0) is 0 Å².